The van der Waals surface area contributed by atoms with Gasteiger partial charge in [-0.3, -0.25) is 9.59 Å². The Hall–Kier alpha value is -3.95. The first-order valence-electron chi connectivity index (χ1n) is 21.8. The van der Waals surface area contributed by atoms with Crippen molar-refractivity contribution >= 4 is 17.5 Å². The summed E-state index contributed by atoms with van der Waals surface area (Å²) in [7, 11) is 0. The summed E-state index contributed by atoms with van der Waals surface area (Å²) in [6, 6.07) is 0. The lowest BCUT2D eigenvalue weighted by Gasteiger charge is -2.56. The number of Topliss-reactive ketones (excluding diaryl/α,β-unsaturated/α-hetero) is 2. The van der Waals surface area contributed by atoms with Crippen LogP contribution in [0.3, 0.4) is 0 Å². The smallest absolute Gasteiger partial charge is 0.333 e. The summed E-state index contributed by atoms with van der Waals surface area (Å²) in [6.07, 6.45) is 20.1. The van der Waals surface area contributed by atoms with E-state index in [2.05, 4.69) is 24.8 Å². The van der Waals surface area contributed by atoms with Gasteiger partial charge in [-0.05, 0) is 133 Å². The summed E-state index contributed by atoms with van der Waals surface area (Å²) in [4.78, 5) is 45.4. The second kappa shape index (κ2) is 17.7. The zero-order valence-corrected chi connectivity index (χ0v) is 36.4. The van der Waals surface area contributed by atoms with Crippen molar-refractivity contribution in [2.75, 3.05) is 26.2 Å². The second-order valence-electron chi connectivity index (χ2n) is 18.5. The molecule has 3 aliphatic carbocycles. The standard InChI is InChI=1S/C49H67NO8/c1-31(2)17-16-18-33(5)20-22-36-41(51)37(21-19-32(3)4)44-40(42(36)52)43(53)38-29-35-30-39-47(7,8)58-48(45(35)54,49(38,39)57-44)24-23-34(6)46(55)56-28-15-10-9-12-25-50-26-13-11-14-27-50/h17,19-20,23,29,35,39,51-52H,9-16,18,21-22,24-28,30H2,1-8H3/b33-20+,34-23-. The molecule has 58 heavy (non-hydrogen) atoms. The van der Waals surface area contributed by atoms with Crippen LogP contribution in [-0.2, 0) is 31.9 Å². The molecule has 4 atom stereocenters. The molecule has 2 saturated heterocycles. The van der Waals surface area contributed by atoms with Crippen LogP contribution in [0.1, 0.15) is 148 Å². The monoisotopic (exact) mass is 797 g/mol. The number of carbonyl (C=O) groups excluding carboxylic acids is 3. The van der Waals surface area contributed by atoms with Gasteiger partial charge in [0.2, 0.25) is 0 Å². The quantitative estimate of drug-likeness (QED) is 0.0687. The van der Waals surface area contributed by atoms with Crippen molar-refractivity contribution in [2.24, 2.45) is 11.8 Å². The van der Waals surface area contributed by atoms with Gasteiger partial charge in [0, 0.05) is 40.5 Å². The maximum absolute atomic E-state index is 15.0. The third-order valence-corrected chi connectivity index (χ3v) is 13.2. The molecule has 4 unspecified atom stereocenters. The predicted octanol–water partition coefficient (Wildman–Crippen LogP) is 9.77. The van der Waals surface area contributed by atoms with Gasteiger partial charge < -0.3 is 29.3 Å². The third-order valence-electron chi connectivity index (χ3n) is 13.2. The van der Waals surface area contributed by atoms with Gasteiger partial charge in [0.05, 0.1) is 12.2 Å². The zero-order valence-electron chi connectivity index (χ0n) is 36.4. The SMILES string of the molecule is CC(C)=CCC/C(C)=C/Cc1c(O)c(CC=C(C)C)c2c(c1O)C(=O)C1=CC3CC4C(C)(C)OC(C/C=C(/C)C(=O)OCCCCCCN5CCCCC5)(C3=O)C14O2. The number of likely N-dealkylation sites (tertiary alicyclic amines) is 1. The molecule has 1 aromatic carbocycles. The predicted molar refractivity (Wildman–Crippen MR) is 227 cm³/mol. The van der Waals surface area contributed by atoms with Crippen molar-refractivity contribution in [2.45, 2.75) is 156 Å². The third kappa shape index (κ3) is 8.27. The number of fused-ring (bicyclic) bond motifs is 1. The van der Waals surface area contributed by atoms with E-state index in [9.17, 15) is 24.6 Å². The van der Waals surface area contributed by atoms with Crippen molar-refractivity contribution in [1.29, 1.82) is 0 Å². The Kier molecular flexibility index (Phi) is 13.3. The normalized spacial score (nSPS) is 26.1. The Bertz CT molecular complexity index is 1930. The van der Waals surface area contributed by atoms with Gasteiger partial charge in [-0.2, -0.15) is 0 Å². The first-order valence-corrected chi connectivity index (χ1v) is 21.8. The molecule has 1 saturated carbocycles. The molecule has 3 aliphatic heterocycles. The second-order valence-corrected chi connectivity index (χ2v) is 18.5. The molecule has 4 bridgehead atoms. The molecule has 3 fully saturated rings. The molecule has 1 aromatic rings. The minimum Gasteiger partial charge on any atom is -0.507 e. The highest BCUT2D eigenvalue weighted by Crippen LogP contribution is 2.68. The number of phenolic OH excluding ortho intramolecular Hbond substituents is 2. The van der Waals surface area contributed by atoms with Crippen LogP contribution in [0.15, 0.2) is 58.2 Å². The molecule has 7 rings (SSSR count). The Morgan fingerprint density at radius 3 is 2.28 bits per heavy atom. The topological polar surface area (TPSA) is 123 Å². The largest absolute Gasteiger partial charge is 0.507 e. The van der Waals surface area contributed by atoms with Gasteiger partial charge in [0.15, 0.2) is 22.8 Å². The minimum atomic E-state index is -1.62. The Balaban J connectivity index is 1.28. The van der Waals surface area contributed by atoms with Crippen LogP contribution in [0.2, 0.25) is 0 Å². The number of piperidine rings is 1. The molecular formula is C49H67NO8. The van der Waals surface area contributed by atoms with E-state index >= 15 is 0 Å². The van der Waals surface area contributed by atoms with E-state index in [1.54, 1.807) is 19.1 Å². The summed E-state index contributed by atoms with van der Waals surface area (Å²) in [5.74, 6) is -2.41. The molecule has 0 aromatic heterocycles. The molecule has 0 radical (unpaired) electrons. The average molecular weight is 798 g/mol. The molecular weight excluding hydrogens is 731 g/mol. The first kappa shape index (κ1) is 43.6. The molecule has 9 heteroatoms. The maximum Gasteiger partial charge on any atom is 0.333 e. The fourth-order valence-electron chi connectivity index (χ4n) is 10.0. The molecule has 1 spiro atoms. The molecule has 6 aliphatic rings. The van der Waals surface area contributed by atoms with Gasteiger partial charge in [-0.1, -0.05) is 66.4 Å². The number of hydrogen-bond donors (Lipinski definition) is 2. The van der Waals surface area contributed by atoms with Crippen molar-refractivity contribution in [3.8, 4) is 17.2 Å². The number of phenols is 2. The van der Waals surface area contributed by atoms with Gasteiger partial charge >= 0.3 is 5.97 Å². The number of ketones is 2. The van der Waals surface area contributed by atoms with E-state index in [4.69, 9.17) is 14.2 Å². The Labute approximate surface area is 346 Å². The lowest BCUT2D eigenvalue weighted by Crippen LogP contribution is -2.72. The first-order chi connectivity index (χ1) is 27.5. The van der Waals surface area contributed by atoms with Crippen molar-refractivity contribution in [1.82, 2.24) is 4.90 Å². The molecule has 0 amide bonds. The van der Waals surface area contributed by atoms with Crippen molar-refractivity contribution < 1.29 is 38.8 Å². The van der Waals surface area contributed by atoms with E-state index in [-0.39, 0.29) is 53.4 Å². The highest BCUT2D eigenvalue weighted by Gasteiger charge is 2.81. The highest BCUT2D eigenvalue weighted by molar-refractivity contribution is 6.18. The maximum atomic E-state index is 15.0. The average Bonchev–Trinajstić information content (AvgIpc) is 3.33. The van der Waals surface area contributed by atoms with E-state index in [1.807, 2.05) is 46.8 Å². The van der Waals surface area contributed by atoms with Crippen LogP contribution in [0, 0.1) is 11.8 Å². The molecule has 316 valence electrons. The summed E-state index contributed by atoms with van der Waals surface area (Å²) in [5.41, 5.74) is 0.639. The van der Waals surface area contributed by atoms with Gasteiger partial charge in [0.1, 0.15) is 22.8 Å². The van der Waals surface area contributed by atoms with E-state index < -0.39 is 40.4 Å². The Morgan fingerprint density at radius 1 is 0.879 bits per heavy atom. The zero-order chi connectivity index (χ0) is 42.0. The summed E-state index contributed by atoms with van der Waals surface area (Å²) >= 11 is 0. The number of rotatable bonds is 17. The van der Waals surface area contributed by atoms with Gasteiger partial charge in [-0.15, -0.1) is 0 Å². The lowest BCUT2D eigenvalue weighted by molar-refractivity contribution is -0.171. The van der Waals surface area contributed by atoms with Crippen LogP contribution in [0.25, 0.3) is 0 Å². The molecule has 9 nitrogen and oxygen atoms in total. The number of ether oxygens (including phenoxy) is 3. The summed E-state index contributed by atoms with van der Waals surface area (Å²) < 4.78 is 19.7. The lowest BCUT2D eigenvalue weighted by atomic mass is 9.51. The number of nitrogens with zero attached hydrogens (tertiary/aromatic N) is 1. The van der Waals surface area contributed by atoms with Crippen LogP contribution in [-0.4, -0.2) is 75.7 Å². The number of esters is 1. The molecule has 3 heterocycles. The minimum absolute atomic E-state index is 0.00415. The number of carbonyl (C=O) groups is 3. The summed E-state index contributed by atoms with van der Waals surface area (Å²) in [6.45, 7) is 19.5. The summed E-state index contributed by atoms with van der Waals surface area (Å²) in [5, 5.41) is 23.8. The number of unbranched alkanes of at least 4 members (excludes halogenated alkanes) is 3. The fourth-order valence-corrected chi connectivity index (χ4v) is 10.0. The number of benzene rings is 1. The van der Waals surface area contributed by atoms with Crippen LogP contribution < -0.4 is 4.74 Å². The highest BCUT2D eigenvalue weighted by atomic mass is 16.6. The van der Waals surface area contributed by atoms with Crippen molar-refractivity contribution in [3.63, 3.8) is 0 Å². The van der Waals surface area contributed by atoms with Crippen LogP contribution in [0.4, 0.5) is 0 Å². The van der Waals surface area contributed by atoms with Gasteiger partial charge in [-0.25, -0.2) is 4.79 Å². The number of allylic oxidation sites excluding steroid dienone is 7. The number of hydrogen-bond acceptors (Lipinski definition) is 9. The van der Waals surface area contributed by atoms with Crippen molar-refractivity contribution in [3.05, 3.63) is 74.9 Å². The number of aromatic hydroxyl groups is 2. The van der Waals surface area contributed by atoms with E-state index in [1.165, 1.54) is 37.9 Å². The molecule has 2 N–H and O–H groups in total. The van der Waals surface area contributed by atoms with E-state index in [0.29, 0.717) is 29.7 Å². The van der Waals surface area contributed by atoms with Gasteiger partial charge in [0.25, 0.3) is 0 Å². The Morgan fingerprint density at radius 2 is 1.57 bits per heavy atom. The van der Waals surface area contributed by atoms with Crippen LogP contribution in [0.5, 0.6) is 17.2 Å². The fraction of sp³-hybridized carbons (Fsp3) is 0.612. The van der Waals surface area contributed by atoms with Crippen LogP contribution >= 0.6 is 0 Å². The van der Waals surface area contributed by atoms with E-state index in [0.717, 1.165) is 56.2 Å².